The minimum Gasteiger partial charge on any atom is -0.382 e. The minimum absolute atomic E-state index is 0.473. The van der Waals surface area contributed by atoms with Gasteiger partial charge in [-0.25, -0.2) is 0 Å². The van der Waals surface area contributed by atoms with Crippen molar-refractivity contribution in [2.24, 2.45) is 0 Å². The largest absolute Gasteiger partial charge is 0.382 e. The lowest BCUT2D eigenvalue weighted by Crippen LogP contribution is -2.30. The van der Waals surface area contributed by atoms with Gasteiger partial charge in [-0.1, -0.05) is 18.9 Å². The normalized spacial score (nSPS) is 12.6. The zero-order valence-corrected chi connectivity index (χ0v) is 10.8. The maximum atomic E-state index is 5.50. The Balaban J connectivity index is 3.32. The molecule has 0 aromatic carbocycles. The predicted molar refractivity (Wildman–Crippen MR) is 68.8 cm³/mol. The van der Waals surface area contributed by atoms with Crippen LogP contribution >= 0.6 is 0 Å². The van der Waals surface area contributed by atoms with Gasteiger partial charge in [0, 0.05) is 13.2 Å². The van der Waals surface area contributed by atoms with Gasteiger partial charge in [0.2, 0.25) is 0 Å². The molecular weight excluding hydrogens is 202 g/mol. The van der Waals surface area contributed by atoms with Crippen LogP contribution < -0.4 is 5.32 Å². The van der Waals surface area contributed by atoms with Gasteiger partial charge in [0.25, 0.3) is 0 Å². The molecule has 0 aromatic heterocycles. The van der Waals surface area contributed by atoms with Crippen LogP contribution in [0.2, 0.25) is 0 Å². The third kappa shape index (κ3) is 10.1. The number of rotatable bonds is 12. The number of nitrogens with one attached hydrogen (secondary N) is 1. The summed E-state index contributed by atoms with van der Waals surface area (Å²) in [6.45, 7) is 5.86. The first kappa shape index (κ1) is 15.6. The lowest BCUT2D eigenvalue weighted by Gasteiger charge is -2.16. The Hall–Kier alpha value is -0.380. The van der Waals surface area contributed by atoms with Crippen LogP contribution in [-0.4, -0.2) is 40.0 Å². The first-order valence-corrected chi connectivity index (χ1v) is 6.20. The zero-order chi connectivity index (χ0) is 12.1. The number of allylic oxidation sites excluding steroid dienone is 1. The summed E-state index contributed by atoms with van der Waals surface area (Å²) >= 11 is 0. The van der Waals surface area contributed by atoms with Crippen molar-refractivity contribution in [3.63, 3.8) is 0 Å². The number of likely N-dealkylation sites (N-methyl/N-ethyl adjacent to an activating group) is 1. The van der Waals surface area contributed by atoms with E-state index < -0.39 is 0 Å². The van der Waals surface area contributed by atoms with Gasteiger partial charge in [-0.15, -0.1) is 6.58 Å². The maximum Gasteiger partial charge on any atom is 0.0701 e. The molecule has 1 unspecified atom stereocenters. The van der Waals surface area contributed by atoms with E-state index in [1.165, 1.54) is 25.7 Å². The molecule has 3 heteroatoms. The summed E-state index contributed by atoms with van der Waals surface area (Å²) in [6, 6.07) is 0.473. The van der Waals surface area contributed by atoms with Crippen molar-refractivity contribution in [2.75, 3.05) is 34.0 Å². The SMILES string of the molecule is C=CCCCCCC(COCCOC)NC. The highest BCUT2D eigenvalue weighted by Crippen LogP contribution is 2.06. The molecule has 0 bridgehead atoms. The first-order valence-electron chi connectivity index (χ1n) is 6.20. The van der Waals surface area contributed by atoms with E-state index in [-0.39, 0.29) is 0 Å². The van der Waals surface area contributed by atoms with Crippen molar-refractivity contribution in [1.29, 1.82) is 0 Å². The molecule has 0 saturated heterocycles. The second-order valence-electron chi connectivity index (χ2n) is 3.98. The van der Waals surface area contributed by atoms with Crippen molar-refractivity contribution < 1.29 is 9.47 Å². The number of methoxy groups -OCH3 is 1. The Morgan fingerprint density at radius 1 is 1.25 bits per heavy atom. The molecule has 1 atom stereocenters. The highest BCUT2D eigenvalue weighted by atomic mass is 16.5. The van der Waals surface area contributed by atoms with Gasteiger partial charge in [0.15, 0.2) is 0 Å². The van der Waals surface area contributed by atoms with Crippen LogP contribution in [0.15, 0.2) is 12.7 Å². The van der Waals surface area contributed by atoms with E-state index in [1.54, 1.807) is 7.11 Å². The number of hydrogen-bond donors (Lipinski definition) is 1. The molecular formula is C13H27NO2. The van der Waals surface area contributed by atoms with Crippen LogP contribution in [0.25, 0.3) is 0 Å². The molecule has 0 fully saturated rings. The number of ether oxygens (including phenoxy) is 2. The fourth-order valence-corrected chi connectivity index (χ4v) is 1.54. The molecule has 1 N–H and O–H groups in total. The summed E-state index contributed by atoms with van der Waals surface area (Å²) < 4.78 is 10.4. The highest BCUT2D eigenvalue weighted by molar-refractivity contribution is 4.67. The third-order valence-corrected chi connectivity index (χ3v) is 2.62. The van der Waals surface area contributed by atoms with Gasteiger partial charge in [-0.3, -0.25) is 0 Å². The van der Waals surface area contributed by atoms with Gasteiger partial charge in [0.1, 0.15) is 0 Å². The smallest absolute Gasteiger partial charge is 0.0701 e. The van der Waals surface area contributed by atoms with E-state index >= 15 is 0 Å². The predicted octanol–water partition coefficient (Wildman–Crippen LogP) is 2.37. The molecule has 0 amide bonds. The highest BCUT2D eigenvalue weighted by Gasteiger charge is 2.05. The molecule has 96 valence electrons. The maximum absolute atomic E-state index is 5.50. The summed E-state index contributed by atoms with van der Waals surface area (Å²) in [5, 5.41) is 3.28. The summed E-state index contributed by atoms with van der Waals surface area (Å²) in [5.74, 6) is 0. The average molecular weight is 229 g/mol. The van der Waals surface area contributed by atoms with Gasteiger partial charge in [0.05, 0.1) is 19.8 Å². The van der Waals surface area contributed by atoms with Crippen LogP contribution in [0.1, 0.15) is 32.1 Å². The summed E-state index contributed by atoms with van der Waals surface area (Å²) in [6.07, 6.45) is 8.10. The quantitative estimate of drug-likeness (QED) is 0.412. The Bertz CT molecular complexity index is 151. The van der Waals surface area contributed by atoms with Gasteiger partial charge in [-0.2, -0.15) is 0 Å². The van der Waals surface area contributed by atoms with E-state index in [9.17, 15) is 0 Å². The monoisotopic (exact) mass is 229 g/mol. The Morgan fingerprint density at radius 2 is 2.06 bits per heavy atom. The lowest BCUT2D eigenvalue weighted by molar-refractivity contribution is 0.0582. The molecule has 0 saturated carbocycles. The number of hydrogen-bond acceptors (Lipinski definition) is 3. The summed E-state index contributed by atoms with van der Waals surface area (Å²) in [5.41, 5.74) is 0. The molecule has 0 aliphatic rings. The van der Waals surface area contributed by atoms with Crippen LogP contribution in [0.5, 0.6) is 0 Å². The van der Waals surface area contributed by atoms with Gasteiger partial charge in [-0.05, 0) is 26.3 Å². The van der Waals surface area contributed by atoms with E-state index in [0.717, 1.165) is 13.0 Å². The summed E-state index contributed by atoms with van der Waals surface area (Å²) in [7, 11) is 3.69. The standard InChI is InChI=1S/C13H27NO2/c1-4-5-6-7-8-9-13(14-2)12-16-11-10-15-3/h4,13-14H,1,5-12H2,2-3H3. The molecule has 0 aromatic rings. The van der Waals surface area contributed by atoms with Crippen LogP contribution in [0.4, 0.5) is 0 Å². The van der Waals surface area contributed by atoms with E-state index in [2.05, 4.69) is 11.9 Å². The molecule has 0 aliphatic heterocycles. The molecule has 0 radical (unpaired) electrons. The van der Waals surface area contributed by atoms with Crippen LogP contribution in [0, 0.1) is 0 Å². The van der Waals surface area contributed by atoms with E-state index in [0.29, 0.717) is 19.3 Å². The molecule has 0 heterocycles. The molecule has 3 nitrogen and oxygen atoms in total. The zero-order valence-electron chi connectivity index (χ0n) is 10.8. The van der Waals surface area contributed by atoms with E-state index in [1.807, 2.05) is 13.1 Å². The van der Waals surface area contributed by atoms with E-state index in [4.69, 9.17) is 9.47 Å². The lowest BCUT2D eigenvalue weighted by atomic mass is 10.1. The summed E-state index contributed by atoms with van der Waals surface area (Å²) in [4.78, 5) is 0. The topological polar surface area (TPSA) is 30.5 Å². The second-order valence-corrected chi connectivity index (χ2v) is 3.98. The van der Waals surface area contributed by atoms with Crippen molar-refractivity contribution in [3.8, 4) is 0 Å². The Kier molecular flexibility index (Phi) is 12.4. The van der Waals surface area contributed by atoms with Crippen LogP contribution in [0.3, 0.4) is 0 Å². The van der Waals surface area contributed by atoms with Crippen molar-refractivity contribution in [2.45, 2.75) is 38.1 Å². The van der Waals surface area contributed by atoms with Crippen molar-refractivity contribution >= 4 is 0 Å². The fraction of sp³-hybridized carbons (Fsp3) is 0.846. The van der Waals surface area contributed by atoms with Gasteiger partial charge >= 0.3 is 0 Å². The molecule has 16 heavy (non-hydrogen) atoms. The second kappa shape index (κ2) is 12.7. The molecule has 0 rings (SSSR count). The first-order chi connectivity index (χ1) is 7.85. The minimum atomic E-state index is 0.473. The molecule has 0 spiro atoms. The Labute approximate surface area is 100 Å². The van der Waals surface area contributed by atoms with Crippen molar-refractivity contribution in [1.82, 2.24) is 5.32 Å². The molecule has 0 aliphatic carbocycles. The number of unbranched alkanes of at least 4 members (excludes halogenated alkanes) is 3. The van der Waals surface area contributed by atoms with Crippen molar-refractivity contribution in [3.05, 3.63) is 12.7 Å². The average Bonchev–Trinajstić information content (AvgIpc) is 2.31. The van der Waals surface area contributed by atoms with Crippen LogP contribution in [-0.2, 0) is 9.47 Å². The van der Waals surface area contributed by atoms with Gasteiger partial charge < -0.3 is 14.8 Å². The Morgan fingerprint density at radius 3 is 2.69 bits per heavy atom. The fourth-order valence-electron chi connectivity index (χ4n) is 1.54. The third-order valence-electron chi connectivity index (χ3n) is 2.62.